The predicted molar refractivity (Wildman–Crippen MR) is 104 cm³/mol. The highest BCUT2D eigenvalue weighted by atomic mass is 14.1. The number of benzene rings is 3. The lowest BCUT2D eigenvalue weighted by atomic mass is 9.95. The zero-order valence-electron chi connectivity index (χ0n) is 14.5. The summed E-state index contributed by atoms with van der Waals surface area (Å²) in [5.41, 5.74) is 8.17. The van der Waals surface area contributed by atoms with Crippen LogP contribution in [0.5, 0.6) is 0 Å². The summed E-state index contributed by atoms with van der Waals surface area (Å²) >= 11 is 0. The van der Waals surface area contributed by atoms with Crippen molar-refractivity contribution < 1.29 is 0 Å². The topological polar surface area (TPSA) is 0 Å². The molecule has 0 heterocycles. The van der Waals surface area contributed by atoms with E-state index >= 15 is 0 Å². The van der Waals surface area contributed by atoms with Crippen molar-refractivity contribution in [3.8, 4) is 0 Å². The Balaban J connectivity index is 1.87. The fraction of sp³-hybridized carbons (Fsp3) is 0.167. The molecule has 0 bridgehead atoms. The van der Waals surface area contributed by atoms with E-state index in [0.717, 1.165) is 12.8 Å². The summed E-state index contributed by atoms with van der Waals surface area (Å²) in [6, 6.07) is 26.3. The first-order valence-electron chi connectivity index (χ1n) is 8.58. The third-order valence-corrected chi connectivity index (χ3v) is 4.24. The van der Waals surface area contributed by atoms with Crippen LogP contribution in [-0.4, -0.2) is 0 Å². The highest BCUT2D eigenvalue weighted by Gasteiger charge is 2.04. The molecule has 0 N–H and O–H groups in total. The van der Waals surface area contributed by atoms with Crippen LogP contribution < -0.4 is 0 Å². The van der Waals surface area contributed by atoms with Crippen LogP contribution in [0.3, 0.4) is 0 Å². The summed E-state index contributed by atoms with van der Waals surface area (Å²) in [6.07, 6.45) is 6.27. The number of rotatable bonds is 5. The van der Waals surface area contributed by atoms with Crippen LogP contribution in [0.25, 0.3) is 6.08 Å². The maximum atomic E-state index is 2.35. The molecule has 0 saturated carbocycles. The molecule has 0 heteroatoms. The van der Waals surface area contributed by atoms with Crippen LogP contribution in [0.2, 0.25) is 0 Å². The number of hydrogen-bond acceptors (Lipinski definition) is 0. The highest BCUT2D eigenvalue weighted by Crippen LogP contribution is 2.20. The molecule has 24 heavy (non-hydrogen) atoms. The molecule has 0 aliphatic heterocycles. The van der Waals surface area contributed by atoms with Crippen LogP contribution in [0.4, 0.5) is 0 Å². The minimum Gasteiger partial charge on any atom is -0.0871 e. The van der Waals surface area contributed by atoms with Gasteiger partial charge in [0.25, 0.3) is 0 Å². The average molecular weight is 312 g/mol. The highest BCUT2D eigenvalue weighted by molar-refractivity contribution is 5.54. The van der Waals surface area contributed by atoms with Crippen molar-refractivity contribution in [1.82, 2.24) is 0 Å². The fourth-order valence-electron chi connectivity index (χ4n) is 3.24. The maximum absolute atomic E-state index is 2.35. The SMILES string of the molecule is C/C=C\c1ccccc1Cc1cc(C)cc(Cc2ccccc2)c1. The normalized spacial score (nSPS) is 11.1. The van der Waals surface area contributed by atoms with Gasteiger partial charge in [-0.25, -0.2) is 0 Å². The second kappa shape index (κ2) is 7.79. The molecule has 0 aliphatic carbocycles. The van der Waals surface area contributed by atoms with Crippen LogP contribution in [-0.2, 0) is 12.8 Å². The molecular formula is C24H24. The standard InChI is InChI=1S/C24H24/c1-3-9-23-12-7-8-13-24(23)18-22-15-19(2)14-21(17-22)16-20-10-5-4-6-11-20/h3-15,17H,16,18H2,1-2H3/b9-3-. The third kappa shape index (κ3) is 4.23. The summed E-state index contributed by atoms with van der Waals surface area (Å²) in [6.45, 7) is 4.26. The monoisotopic (exact) mass is 312 g/mol. The molecule has 0 aromatic heterocycles. The zero-order chi connectivity index (χ0) is 16.8. The van der Waals surface area contributed by atoms with Gasteiger partial charge < -0.3 is 0 Å². The smallest absolute Gasteiger partial charge is 0.00196 e. The van der Waals surface area contributed by atoms with Crippen molar-refractivity contribution in [2.24, 2.45) is 0 Å². The van der Waals surface area contributed by atoms with E-state index in [1.165, 1.54) is 33.4 Å². The number of hydrogen-bond donors (Lipinski definition) is 0. The maximum Gasteiger partial charge on any atom is -0.00196 e. The van der Waals surface area contributed by atoms with E-state index in [9.17, 15) is 0 Å². The number of allylic oxidation sites excluding steroid dienone is 1. The van der Waals surface area contributed by atoms with Gasteiger partial charge >= 0.3 is 0 Å². The van der Waals surface area contributed by atoms with Crippen molar-refractivity contribution in [2.45, 2.75) is 26.7 Å². The van der Waals surface area contributed by atoms with Gasteiger partial charge in [0.15, 0.2) is 0 Å². The zero-order valence-corrected chi connectivity index (χ0v) is 14.5. The van der Waals surface area contributed by atoms with Crippen LogP contribution in [0.15, 0.2) is 78.9 Å². The molecule has 0 fully saturated rings. The van der Waals surface area contributed by atoms with E-state index < -0.39 is 0 Å². The Bertz CT molecular complexity index is 826. The van der Waals surface area contributed by atoms with Gasteiger partial charge in [0.1, 0.15) is 0 Å². The Kier molecular flexibility index (Phi) is 5.28. The molecule has 0 nitrogen and oxygen atoms in total. The molecule has 0 unspecified atom stereocenters. The molecule has 3 rings (SSSR count). The molecule has 0 spiro atoms. The van der Waals surface area contributed by atoms with E-state index in [1.807, 2.05) is 0 Å². The van der Waals surface area contributed by atoms with Gasteiger partial charge in [-0.2, -0.15) is 0 Å². The Morgan fingerprint density at radius 1 is 0.708 bits per heavy atom. The summed E-state index contributed by atoms with van der Waals surface area (Å²) in [4.78, 5) is 0. The van der Waals surface area contributed by atoms with Gasteiger partial charge in [0.2, 0.25) is 0 Å². The van der Waals surface area contributed by atoms with E-state index in [1.54, 1.807) is 0 Å². The summed E-state index contributed by atoms with van der Waals surface area (Å²) in [7, 11) is 0. The van der Waals surface area contributed by atoms with Gasteiger partial charge in [-0.05, 0) is 54.5 Å². The molecule has 0 saturated heterocycles. The molecule has 0 atom stereocenters. The Morgan fingerprint density at radius 2 is 1.38 bits per heavy atom. The molecule has 3 aromatic carbocycles. The summed E-state index contributed by atoms with van der Waals surface area (Å²) < 4.78 is 0. The summed E-state index contributed by atoms with van der Waals surface area (Å²) in [5, 5.41) is 0. The van der Waals surface area contributed by atoms with Crippen molar-refractivity contribution in [1.29, 1.82) is 0 Å². The fourth-order valence-corrected chi connectivity index (χ4v) is 3.24. The van der Waals surface area contributed by atoms with Crippen LogP contribution >= 0.6 is 0 Å². The quantitative estimate of drug-likeness (QED) is 0.525. The van der Waals surface area contributed by atoms with Crippen molar-refractivity contribution in [3.05, 3.63) is 112 Å². The second-order valence-electron chi connectivity index (χ2n) is 6.36. The minimum absolute atomic E-state index is 0.976. The Labute approximate surface area is 145 Å². The van der Waals surface area contributed by atoms with E-state index in [2.05, 4.69) is 98.8 Å². The van der Waals surface area contributed by atoms with Crippen molar-refractivity contribution in [3.63, 3.8) is 0 Å². The molecule has 0 aliphatic rings. The van der Waals surface area contributed by atoms with Gasteiger partial charge in [-0.15, -0.1) is 0 Å². The molecular weight excluding hydrogens is 288 g/mol. The number of aryl methyl sites for hydroxylation is 1. The third-order valence-electron chi connectivity index (χ3n) is 4.24. The van der Waals surface area contributed by atoms with E-state index in [4.69, 9.17) is 0 Å². The van der Waals surface area contributed by atoms with Gasteiger partial charge in [-0.3, -0.25) is 0 Å². The van der Waals surface area contributed by atoms with E-state index in [-0.39, 0.29) is 0 Å². The second-order valence-corrected chi connectivity index (χ2v) is 6.36. The summed E-state index contributed by atoms with van der Waals surface area (Å²) in [5.74, 6) is 0. The molecule has 0 amide bonds. The van der Waals surface area contributed by atoms with Crippen molar-refractivity contribution in [2.75, 3.05) is 0 Å². The Hall–Kier alpha value is -2.60. The van der Waals surface area contributed by atoms with Crippen LogP contribution in [0.1, 0.15) is 40.3 Å². The lowest BCUT2D eigenvalue weighted by Gasteiger charge is -2.10. The first-order valence-corrected chi connectivity index (χ1v) is 8.58. The lowest BCUT2D eigenvalue weighted by Crippen LogP contribution is -1.96. The van der Waals surface area contributed by atoms with Gasteiger partial charge in [-0.1, -0.05) is 90.5 Å². The molecule has 120 valence electrons. The van der Waals surface area contributed by atoms with Gasteiger partial charge in [0, 0.05) is 0 Å². The molecule has 0 radical (unpaired) electrons. The Morgan fingerprint density at radius 3 is 2.12 bits per heavy atom. The first kappa shape index (κ1) is 16.3. The predicted octanol–water partition coefficient (Wildman–Crippen LogP) is 6.21. The first-order chi connectivity index (χ1) is 11.7. The molecule has 3 aromatic rings. The lowest BCUT2D eigenvalue weighted by molar-refractivity contribution is 1.12. The average Bonchev–Trinajstić information content (AvgIpc) is 2.57. The van der Waals surface area contributed by atoms with Crippen molar-refractivity contribution >= 4 is 6.08 Å². The largest absolute Gasteiger partial charge is 0.0871 e. The minimum atomic E-state index is 0.976. The van der Waals surface area contributed by atoms with Gasteiger partial charge in [0.05, 0.1) is 0 Å². The van der Waals surface area contributed by atoms with Crippen LogP contribution in [0, 0.1) is 6.92 Å². The van der Waals surface area contributed by atoms with E-state index in [0.29, 0.717) is 0 Å².